The minimum Gasteiger partial charge on any atom is -0.492 e. The van der Waals surface area contributed by atoms with Gasteiger partial charge < -0.3 is 14.5 Å². The van der Waals surface area contributed by atoms with Gasteiger partial charge in [0, 0.05) is 0 Å². The van der Waals surface area contributed by atoms with Crippen LogP contribution in [-0.2, 0) is 25.0 Å². The van der Waals surface area contributed by atoms with E-state index in [1.807, 2.05) is 0 Å². The predicted octanol–water partition coefficient (Wildman–Crippen LogP) is 1.94. The van der Waals surface area contributed by atoms with Crippen molar-refractivity contribution in [1.29, 1.82) is 0 Å². The van der Waals surface area contributed by atoms with Crippen LogP contribution in [-0.4, -0.2) is 31.2 Å². The molecule has 126 valence electrons. The number of alkyl halides is 3. The van der Waals surface area contributed by atoms with Crippen molar-refractivity contribution in [2.24, 2.45) is 0 Å². The van der Waals surface area contributed by atoms with Gasteiger partial charge in [-0.25, -0.2) is 0 Å². The molecular weight excluding hydrogens is 352 g/mol. The van der Waals surface area contributed by atoms with E-state index in [1.165, 1.54) is 6.92 Å². The highest BCUT2D eigenvalue weighted by atomic mass is 32.2. The fourth-order valence-electron chi connectivity index (χ4n) is 1.46. The summed E-state index contributed by atoms with van der Waals surface area (Å²) in [7, 11) is -9.99. The zero-order valence-corrected chi connectivity index (χ0v) is 12.8. The maximum Gasteiger partial charge on any atom is 0.417 e. The van der Waals surface area contributed by atoms with Crippen LogP contribution in [0.3, 0.4) is 0 Å². The largest absolute Gasteiger partial charge is 0.492 e. The molecule has 2 N–H and O–H groups in total. The summed E-state index contributed by atoms with van der Waals surface area (Å²) in [6.45, 7) is 1.30. The summed E-state index contributed by atoms with van der Waals surface area (Å²) in [6.07, 6.45) is -6.60. The van der Waals surface area contributed by atoms with Crippen molar-refractivity contribution in [2.45, 2.75) is 18.0 Å². The van der Waals surface area contributed by atoms with Gasteiger partial charge >= 0.3 is 23.9 Å². The predicted molar refractivity (Wildman–Crippen MR) is 67.8 cm³/mol. The molecule has 1 aromatic carbocycles. The average molecular weight is 364 g/mol. The van der Waals surface area contributed by atoms with E-state index in [0.29, 0.717) is 6.07 Å². The molecule has 0 aliphatic heterocycles. The highest BCUT2D eigenvalue weighted by molar-refractivity contribution is 7.87. The fraction of sp³-hybridized carbons (Fsp3) is 0.400. The van der Waals surface area contributed by atoms with Crippen molar-refractivity contribution in [1.82, 2.24) is 0 Å². The number of halogens is 3. The summed E-state index contributed by atoms with van der Waals surface area (Å²) in [6, 6.07) is 2.42. The van der Waals surface area contributed by atoms with Crippen LogP contribution in [0.15, 0.2) is 23.1 Å². The van der Waals surface area contributed by atoms with E-state index in [-0.39, 0.29) is 6.61 Å². The van der Waals surface area contributed by atoms with E-state index in [9.17, 15) is 26.2 Å². The Morgan fingerprint density at radius 3 is 2.32 bits per heavy atom. The monoisotopic (exact) mass is 364 g/mol. The molecule has 0 unspecified atom stereocenters. The molecule has 0 fully saturated rings. The number of hydrogen-bond donors (Lipinski definition) is 2. The van der Waals surface area contributed by atoms with Gasteiger partial charge in [-0.2, -0.15) is 21.6 Å². The quantitative estimate of drug-likeness (QED) is 0.586. The second-order valence-electron chi connectivity index (χ2n) is 3.93. The van der Waals surface area contributed by atoms with Crippen LogP contribution in [0, 0.1) is 0 Å². The van der Waals surface area contributed by atoms with Crippen LogP contribution in [0.4, 0.5) is 13.2 Å². The van der Waals surface area contributed by atoms with Crippen molar-refractivity contribution in [3.05, 3.63) is 23.8 Å². The molecule has 0 amide bonds. The third-order valence-corrected chi connectivity index (χ3v) is 4.20. The normalized spacial score (nSPS) is 13.2. The van der Waals surface area contributed by atoms with Gasteiger partial charge in [0.15, 0.2) is 6.35 Å². The molecule has 0 heterocycles. The average Bonchev–Trinajstić information content (AvgIpc) is 2.35. The van der Waals surface area contributed by atoms with Crippen molar-refractivity contribution in [2.75, 3.05) is 13.0 Å². The molecule has 0 aromatic heterocycles. The molecule has 7 nitrogen and oxygen atoms in total. The van der Waals surface area contributed by atoms with Gasteiger partial charge in [-0.3, -0.25) is 8.75 Å². The van der Waals surface area contributed by atoms with Gasteiger partial charge in [-0.15, -0.1) is 0 Å². The SMILES string of the molecule is CCOc1cccc(C(F)(F)F)c1S(=O)(=O)OCP(=O)(O)O. The summed E-state index contributed by atoms with van der Waals surface area (Å²) in [5.41, 5.74) is -1.55. The van der Waals surface area contributed by atoms with Crippen LogP contribution in [0.2, 0.25) is 0 Å². The Labute approximate surface area is 124 Å². The third-order valence-electron chi connectivity index (χ3n) is 2.21. The molecular formula is C10H12F3O7PS. The van der Waals surface area contributed by atoms with Gasteiger partial charge in [0.1, 0.15) is 10.6 Å². The van der Waals surface area contributed by atoms with Crippen molar-refractivity contribution in [3.63, 3.8) is 0 Å². The minimum atomic E-state index is -5.10. The molecule has 0 saturated heterocycles. The standard InChI is InChI=1S/C10H12F3O7PS/c1-2-19-8-5-3-4-7(10(11,12)13)9(8)22(17,18)20-6-21(14,15)16/h3-5H,2,6H2,1H3,(H2,14,15,16). The topological polar surface area (TPSA) is 110 Å². The maximum atomic E-state index is 12.9. The zero-order chi connectivity index (χ0) is 17.2. The summed E-state index contributed by atoms with van der Waals surface area (Å²) in [5, 5.41) is 0. The van der Waals surface area contributed by atoms with E-state index in [2.05, 4.69) is 4.18 Å². The molecule has 0 atom stereocenters. The van der Waals surface area contributed by atoms with Gasteiger partial charge in [0.05, 0.1) is 12.2 Å². The summed E-state index contributed by atoms with van der Waals surface area (Å²) in [5.74, 6) is -0.622. The first kappa shape index (κ1) is 18.9. The number of hydrogen-bond acceptors (Lipinski definition) is 5. The summed E-state index contributed by atoms with van der Waals surface area (Å²) < 4.78 is 82.1. The molecule has 12 heteroatoms. The van der Waals surface area contributed by atoms with Crippen molar-refractivity contribution in [3.8, 4) is 5.75 Å². The Kier molecular flexibility index (Phi) is 5.63. The number of rotatable bonds is 6. The van der Waals surface area contributed by atoms with Gasteiger partial charge in [-0.1, -0.05) is 6.07 Å². The second kappa shape index (κ2) is 6.55. The smallest absolute Gasteiger partial charge is 0.417 e. The molecule has 0 aliphatic carbocycles. The highest BCUT2D eigenvalue weighted by Crippen LogP contribution is 2.41. The number of ether oxygens (including phenoxy) is 1. The molecule has 0 spiro atoms. The fourth-order valence-corrected chi connectivity index (χ4v) is 3.51. The Morgan fingerprint density at radius 1 is 1.27 bits per heavy atom. The van der Waals surface area contributed by atoms with E-state index in [0.717, 1.165) is 12.1 Å². The third kappa shape index (κ3) is 4.96. The minimum absolute atomic E-state index is 0.123. The van der Waals surface area contributed by atoms with Crippen LogP contribution >= 0.6 is 7.60 Å². The van der Waals surface area contributed by atoms with Crippen LogP contribution in [0.25, 0.3) is 0 Å². The molecule has 22 heavy (non-hydrogen) atoms. The van der Waals surface area contributed by atoms with E-state index < -0.39 is 46.4 Å². The first-order valence-electron chi connectivity index (χ1n) is 5.65. The lowest BCUT2D eigenvalue weighted by atomic mass is 10.2. The Balaban J connectivity index is 3.45. The molecule has 1 aromatic rings. The Hall–Kier alpha value is -1.13. The van der Waals surface area contributed by atoms with Gasteiger partial charge in [-0.05, 0) is 19.1 Å². The molecule has 0 bridgehead atoms. The van der Waals surface area contributed by atoms with E-state index in [4.69, 9.17) is 14.5 Å². The van der Waals surface area contributed by atoms with Crippen LogP contribution in [0.5, 0.6) is 5.75 Å². The maximum absolute atomic E-state index is 12.9. The van der Waals surface area contributed by atoms with Gasteiger partial charge in [0.2, 0.25) is 0 Å². The lowest BCUT2D eigenvalue weighted by molar-refractivity contribution is -0.140. The van der Waals surface area contributed by atoms with E-state index in [1.54, 1.807) is 0 Å². The van der Waals surface area contributed by atoms with Crippen LogP contribution < -0.4 is 4.74 Å². The van der Waals surface area contributed by atoms with Crippen molar-refractivity contribution < 1.29 is 44.9 Å². The number of benzene rings is 1. The Bertz CT molecular complexity index is 680. The summed E-state index contributed by atoms with van der Waals surface area (Å²) in [4.78, 5) is 15.9. The van der Waals surface area contributed by atoms with E-state index >= 15 is 0 Å². The molecule has 0 radical (unpaired) electrons. The Morgan fingerprint density at radius 2 is 1.86 bits per heavy atom. The van der Waals surface area contributed by atoms with Crippen LogP contribution in [0.1, 0.15) is 12.5 Å². The lowest BCUT2D eigenvalue weighted by Crippen LogP contribution is -2.17. The molecule has 1 rings (SSSR count). The summed E-state index contributed by atoms with van der Waals surface area (Å²) >= 11 is 0. The highest BCUT2D eigenvalue weighted by Gasteiger charge is 2.40. The second-order valence-corrected chi connectivity index (χ2v) is 7.07. The first-order valence-corrected chi connectivity index (χ1v) is 8.86. The van der Waals surface area contributed by atoms with Gasteiger partial charge in [0.25, 0.3) is 0 Å². The first-order chi connectivity index (χ1) is 9.88. The molecule has 0 saturated carbocycles. The van der Waals surface area contributed by atoms with Crippen molar-refractivity contribution >= 4 is 17.7 Å². The lowest BCUT2D eigenvalue weighted by Gasteiger charge is -2.17. The zero-order valence-electron chi connectivity index (χ0n) is 11.1. The molecule has 0 aliphatic rings.